The van der Waals surface area contributed by atoms with Gasteiger partial charge in [0.05, 0.1) is 6.42 Å². The summed E-state index contributed by atoms with van der Waals surface area (Å²) in [6.45, 7) is 6.11. The first-order valence-electron chi connectivity index (χ1n) is 9.68. The highest BCUT2D eigenvalue weighted by Crippen LogP contribution is 2.64. The molecular weight excluding hydrogens is 599 g/mol. The molecule has 0 aromatic carbocycles. The zero-order valence-electron chi connectivity index (χ0n) is 19.2. The number of halogens is 17. The number of hydrogen-bond donors (Lipinski definition) is 0. The van der Waals surface area contributed by atoms with Crippen LogP contribution >= 0.6 is 0 Å². The molecule has 38 heavy (non-hydrogen) atoms. The van der Waals surface area contributed by atoms with E-state index in [9.17, 15) is 79.4 Å². The Balaban J connectivity index is 6.16. The molecule has 224 valence electrons. The number of alkyl halides is 17. The first-order chi connectivity index (χ1) is 16.2. The summed E-state index contributed by atoms with van der Waals surface area (Å²) in [5.41, 5.74) is 2.61. The topological polar surface area (TPSA) is 26.3 Å². The van der Waals surface area contributed by atoms with E-state index in [1.54, 1.807) is 19.6 Å². The number of rotatable bonds is 10. The van der Waals surface area contributed by atoms with E-state index in [1.807, 2.05) is 0 Å². The van der Waals surface area contributed by atoms with E-state index in [0.29, 0.717) is 0 Å². The van der Waals surface area contributed by atoms with E-state index in [1.165, 1.54) is 0 Å². The van der Waals surface area contributed by atoms with E-state index in [-0.39, 0.29) is 0 Å². The number of carbonyl (C=O) groups excluding carboxylic acids is 1. The summed E-state index contributed by atoms with van der Waals surface area (Å²) in [6.07, 6.45) is -14.1. The summed E-state index contributed by atoms with van der Waals surface area (Å²) in [5.74, 6) is -56.5. The number of esters is 1. The van der Waals surface area contributed by atoms with Gasteiger partial charge in [0.15, 0.2) is 6.10 Å². The normalized spacial score (nSPS) is 16.0. The molecule has 0 rings (SSSR count). The molecule has 0 aromatic rings. The Morgan fingerprint density at radius 2 is 1.00 bits per heavy atom. The van der Waals surface area contributed by atoms with E-state index < -0.39 is 80.6 Å². The fourth-order valence-electron chi connectivity index (χ4n) is 2.22. The lowest BCUT2D eigenvalue weighted by Crippen LogP contribution is -2.74. The second kappa shape index (κ2) is 10.2. The van der Waals surface area contributed by atoms with Crippen molar-refractivity contribution in [2.45, 2.75) is 93.1 Å². The van der Waals surface area contributed by atoms with Crippen LogP contribution in [-0.2, 0) is 9.53 Å². The lowest BCUT2D eigenvalue weighted by atomic mass is 9.88. The highest BCUT2D eigenvalue weighted by atomic mass is 28.3. The average Bonchev–Trinajstić information content (AvgIpc) is 2.68. The molecule has 0 radical (unpaired) electrons. The molecule has 20 heteroatoms. The SMILES string of the molecule is C[C@H](C#C[Si](C)(C)C)OC(=O)CCC(F)(F)C(F)(F)C(F)(F)C(F)(F)C(F)(F)C(F)(F)C(F)(F)C(F)(F)F. The van der Waals surface area contributed by atoms with E-state index in [0.717, 1.165) is 6.92 Å². The van der Waals surface area contributed by atoms with Crippen molar-refractivity contribution >= 4 is 14.0 Å². The maximum absolute atomic E-state index is 13.8. The zero-order valence-corrected chi connectivity index (χ0v) is 20.2. The molecule has 0 aliphatic heterocycles. The number of hydrogen-bond acceptors (Lipinski definition) is 2. The molecule has 0 aliphatic rings. The van der Waals surface area contributed by atoms with Gasteiger partial charge in [-0.3, -0.25) is 4.79 Å². The van der Waals surface area contributed by atoms with Gasteiger partial charge in [-0.1, -0.05) is 25.6 Å². The van der Waals surface area contributed by atoms with Crippen molar-refractivity contribution in [1.82, 2.24) is 0 Å². The smallest absolute Gasteiger partial charge is 0.449 e. The Morgan fingerprint density at radius 3 is 1.34 bits per heavy atom. The van der Waals surface area contributed by atoms with Gasteiger partial charge in [-0.25, -0.2) is 0 Å². The Bertz CT molecular complexity index is 922. The first kappa shape index (κ1) is 36.1. The molecule has 0 spiro atoms. The Kier molecular flexibility index (Phi) is 9.70. The van der Waals surface area contributed by atoms with Crippen molar-refractivity contribution in [1.29, 1.82) is 0 Å². The van der Waals surface area contributed by atoms with Crippen LogP contribution in [-0.4, -0.2) is 67.8 Å². The molecule has 0 aliphatic carbocycles. The Labute approximate surface area is 203 Å². The molecule has 0 amide bonds. The van der Waals surface area contributed by atoms with Crippen LogP contribution in [0.4, 0.5) is 74.6 Å². The van der Waals surface area contributed by atoms with E-state index in [4.69, 9.17) is 0 Å². The summed E-state index contributed by atoms with van der Waals surface area (Å²) in [7, 11) is -2.08. The van der Waals surface area contributed by atoms with Gasteiger partial charge in [0.1, 0.15) is 8.07 Å². The lowest BCUT2D eigenvalue weighted by Gasteiger charge is -2.42. The summed E-state index contributed by atoms with van der Waals surface area (Å²) in [4.78, 5) is 11.5. The molecule has 0 fully saturated rings. The van der Waals surface area contributed by atoms with Crippen LogP contribution < -0.4 is 0 Å². The van der Waals surface area contributed by atoms with Crippen LogP contribution in [0.25, 0.3) is 0 Å². The third-order valence-corrected chi connectivity index (χ3v) is 5.28. The monoisotopic (exact) mass is 616 g/mol. The Morgan fingerprint density at radius 1 is 0.658 bits per heavy atom. The quantitative estimate of drug-likeness (QED) is 0.110. The van der Waals surface area contributed by atoms with Gasteiger partial charge in [0.2, 0.25) is 0 Å². The lowest BCUT2D eigenvalue weighted by molar-refractivity contribution is -0.461. The van der Waals surface area contributed by atoms with Crippen LogP contribution in [0, 0.1) is 11.5 Å². The van der Waals surface area contributed by atoms with Crippen molar-refractivity contribution < 1.29 is 84.2 Å². The highest BCUT2D eigenvalue weighted by Gasteiger charge is 2.95. The van der Waals surface area contributed by atoms with Gasteiger partial charge in [0.25, 0.3) is 0 Å². The van der Waals surface area contributed by atoms with Crippen LogP contribution in [0.3, 0.4) is 0 Å². The molecular formula is C18H17F17O2Si. The van der Waals surface area contributed by atoms with Crippen LogP contribution in [0.5, 0.6) is 0 Å². The van der Waals surface area contributed by atoms with Crippen molar-refractivity contribution in [3.63, 3.8) is 0 Å². The highest BCUT2D eigenvalue weighted by molar-refractivity contribution is 6.83. The van der Waals surface area contributed by atoms with Crippen molar-refractivity contribution in [3.05, 3.63) is 0 Å². The maximum Gasteiger partial charge on any atom is 0.460 e. The fraction of sp³-hybridized carbons (Fsp3) is 0.833. The molecule has 2 nitrogen and oxygen atoms in total. The van der Waals surface area contributed by atoms with Crippen molar-refractivity contribution in [2.24, 2.45) is 0 Å². The summed E-state index contributed by atoms with van der Waals surface area (Å²) in [5, 5.41) is 0. The van der Waals surface area contributed by atoms with Gasteiger partial charge in [-0.05, 0) is 6.92 Å². The number of carbonyl (C=O) groups is 1. The second-order valence-electron chi connectivity index (χ2n) is 8.80. The van der Waals surface area contributed by atoms with E-state index in [2.05, 4.69) is 16.2 Å². The third kappa shape index (κ3) is 6.27. The predicted molar refractivity (Wildman–Crippen MR) is 96.6 cm³/mol. The van der Waals surface area contributed by atoms with Crippen molar-refractivity contribution in [2.75, 3.05) is 0 Å². The van der Waals surface area contributed by atoms with Gasteiger partial charge in [-0.2, -0.15) is 74.6 Å². The number of ether oxygens (including phenoxy) is 1. The second-order valence-corrected chi connectivity index (χ2v) is 13.5. The third-order valence-electron chi connectivity index (χ3n) is 4.39. The zero-order chi connectivity index (χ0) is 31.2. The molecule has 0 saturated carbocycles. The summed E-state index contributed by atoms with van der Waals surface area (Å²) in [6, 6.07) is 0. The van der Waals surface area contributed by atoms with Gasteiger partial charge in [0, 0.05) is 6.42 Å². The van der Waals surface area contributed by atoms with Crippen LogP contribution in [0.15, 0.2) is 0 Å². The minimum atomic E-state index is -8.69. The fourth-order valence-corrected chi connectivity index (χ4v) is 2.85. The van der Waals surface area contributed by atoms with E-state index >= 15 is 0 Å². The average molecular weight is 616 g/mol. The predicted octanol–water partition coefficient (Wildman–Crippen LogP) is 7.59. The summed E-state index contributed by atoms with van der Waals surface area (Å²) < 4.78 is 229. The minimum Gasteiger partial charge on any atom is -0.449 e. The molecule has 1 atom stereocenters. The molecule has 0 bridgehead atoms. The van der Waals surface area contributed by atoms with Gasteiger partial charge in [-0.15, -0.1) is 5.54 Å². The molecule has 0 saturated heterocycles. The van der Waals surface area contributed by atoms with Crippen LogP contribution in [0.1, 0.15) is 19.8 Å². The van der Waals surface area contributed by atoms with Crippen molar-refractivity contribution in [3.8, 4) is 11.5 Å². The largest absolute Gasteiger partial charge is 0.460 e. The van der Waals surface area contributed by atoms with Gasteiger partial charge < -0.3 is 4.74 Å². The van der Waals surface area contributed by atoms with Gasteiger partial charge >= 0.3 is 53.6 Å². The molecule has 0 N–H and O–H groups in total. The first-order valence-corrected chi connectivity index (χ1v) is 13.2. The molecule has 0 unspecified atom stereocenters. The van der Waals surface area contributed by atoms with Crippen LogP contribution in [0.2, 0.25) is 19.6 Å². The minimum absolute atomic E-state index is 1.03. The molecule has 0 heterocycles. The molecule has 0 aromatic heterocycles. The maximum atomic E-state index is 13.8. The standard InChI is InChI=1S/C18H17F17O2Si/c1-9(6-8-38(2,3)4)37-10(36)5-7-11(19,20)12(21,22)13(23,24)14(25,26)15(27,28)16(29,30)17(31,32)18(33,34)35/h9H,5,7H2,1-4H3/t9-/m1/s1. The Hall–Kier alpha value is -1.94. The summed E-state index contributed by atoms with van der Waals surface area (Å²) >= 11 is 0.